The molecule has 0 unspecified atom stereocenters. The van der Waals surface area contributed by atoms with Gasteiger partial charge in [0, 0.05) is 17.5 Å². The first-order valence-electron chi connectivity index (χ1n) is 3.15. The molecule has 11 heavy (non-hydrogen) atoms. The van der Waals surface area contributed by atoms with Crippen molar-refractivity contribution in [1.82, 2.24) is 4.98 Å². The Morgan fingerprint density at radius 2 is 2.45 bits per heavy atom. The number of hydrogen-bond acceptors (Lipinski definition) is 3. The molecule has 3 N–H and O–H groups in total. The molecule has 1 aromatic heterocycles. The molecule has 0 aliphatic rings. The van der Waals surface area contributed by atoms with Crippen molar-refractivity contribution in [2.24, 2.45) is 10.9 Å². The average Bonchev–Trinajstić information content (AvgIpc) is 2.04. The fourth-order valence-electron chi connectivity index (χ4n) is 0.809. The van der Waals surface area contributed by atoms with Crippen LogP contribution in [0.1, 0.15) is 11.3 Å². The number of oxime groups is 1. The maximum absolute atomic E-state index is 8.35. The molecular formula is C7H9N3O. The lowest BCUT2D eigenvalue weighted by atomic mass is 10.2. The van der Waals surface area contributed by atoms with Crippen LogP contribution < -0.4 is 5.73 Å². The fourth-order valence-corrected chi connectivity index (χ4v) is 0.809. The highest BCUT2D eigenvalue weighted by molar-refractivity contribution is 5.97. The Balaban J connectivity index is 3.14. The van der Waals surface area contributed by atoms with Crippen molar-refractivity contribution in [2.45, 2.75) is 6.92 Å². The van der Waals surface area contributed by atoms with Gasteiger partial charge in [0.1, 0.15) is 0 Å². The molecule has 1 heterocycles. The molecule has 0 amide bonds. The highest BCUT2D eigenvalue weighted by Gasteiger charge is 2.01. The smallest absolute Gasteiger partial charge is 0.171 e. The van der Waals surface area contributed by atoms with Crippen LogP contribution in [0.3, 0.4) is 0 Å². The molecule has 1 rings (SSSR count). The maximum Gasteiger partial charge on any atom is 0.171 e. The summed E-state index contributed by atoms with van der Waals surface area (Å²) >= 11 is 0. The molecule has 0 radical (unpaired) electrons. The Labute approximate surface area is 64.4 Å². The maximum atomic E-state index is 8.35. The summed E-state index contributed by atoms with van der Waals surface area (Å²) in [4.78, 5) is 3.98. The zero-order valence-electron chi connectivity index (χ0n) is 6.15. The van der Waals surface area contributed by atoms with Crippen LogP contribution in [0.25, 0.3) is 0 Å². The van der Waals surface area contributed by atoms with Gasteiger partial charge in [-0.25, -0.2) is 0 Å². The second-order valence-electron chi connectivity index (χ2n) is 2.12. The fraction of sp³-hybridized carbons (Fsp3) is 0.143. The monoisotopic (exact) mass is 151 g/mol. The second-order valence-corrected chi connectivity index (χ2v) is 2.12. The van der Waals surface area contributed by atoms with Crippen molar-refractivity contribution in [1.29, 1.82) is 0 Å². The standard InChI is InChI=1S/C7H9N3O/c1-5-6(7(8)10-11)3-2-4-9-5/h2-4,11H,1H3,(H2,8,10). The molecular weight excluding hydrogens is 142 g/mol. The summed E-state index contributed by atoms with van der Waals surface area (Å²) in [7, 11) is 0. The zero-order valence-corrected chi connectivity index (χ0v) is 6.15. The first-order valence-corrected chi connectivity index (χ1v) is 3.15. The minimum Gasteiger partial charge on any atom is -0.409 e. The average molecular weight is 151 g/mol. The summed E-state index contributed by atoms with van der Waals surface area (Å²) < 4.78 is 0. The van der Waals surface area contributed by atoms with E-state index in [4.69, 9.17) is 10.9 Å². The molecule has 0 spiro atoms. The molecule has 4 nitrogen and oxygen atoms in total. The Hall–Kier alpha value is -1.58. The molecule has 0 saturated carbocycles. The normalized spacial score (nSPS) is 11.5. The first-order chi connectivity index (χ1) is 5.25. The van der Waals surface area contributed by atoms with Gasteiger partial charge in [-0.1, -0.05) is 5.16 Å². The molecule has 4 heteroatoms. The Bertz CT molecular complexity index is 283. The van der Waals surface area contributed by atoms with E-state index >= 15 is 0 Å². The van der Waals surface area contributed by atoms with Gasteiger partial charge in [0.15, 0.2) is 5.84 Å². The number of aromatic nitrogens is 1. The van der Waals surface area contributed by atoms with Gasteiger partial charge < -0.3 is 10.9 Å². The third kappa shape index (κ3) is 1.46. The number of nitrogens with zero attached hydrogens (tertiary/aromatic N) is 2. The highest BCUT2D eigenvalue weighted by Crippen LogP contribution is 2.01. The van der Waals surface area contributed by atoms with Crippen LogP contribution in [-0.4, -0.2) is 16.0 Å². The Kier molecular flexibility index (Phi) is 2.06. The molecule has 0 aliphatic heterocycles. The number of nitrogens with two attached hydrogens (primary N) is 1. The molecule has 0 saturated heterocycles. The van der Waals surface area contributed by atoms with E-state index in [0.717, 1.165) is 5.69 Å². The summed E-state index contributed by atoms with van der Waals surface area (Å²) in [6, 6.07) is 3.48. The van der Waals surface area contributed by atoms with Crippen molar-refractivity contribution < 1.29 is 5.21 Å². The van der Waals surface area contributed by atoms with Gasteiger partial charge in [-0.3, -0.25) is 4.98 Å². The Morgan fingerprint density at radius 3 is 3.00 bits per heavy atom. The topological polar surface area (TPSA) is 71.5 Å². The Morgan fingerprint density at radius 1 is 1.73 bits per heavy atom. The van der Waals surface area contributed by atoms with Gasteiger partial charge in [-0.05, 0) is 19.1 Å². The van der Waals surface area contributed by atoms with E-state index in [1.54, 1.807) is 25.3 Å². The van der Waals surface area contributed by atoms with Gasteiger partial charge in [-0.15, -0.1) is 0 Å². The summed E-state index contributed by atoms with van der Waals surface area (Å²) in [6.45, 7) is 1.80. The van der Waals surface area contributed by atoms with Crippen molar-refractivity contribution in [3.63, 3.8) is 0 Å². The van der Waals surface area contributed by atoms with Crippen molar-refractivity contribution in [3.05, 3.63) is 29.6 Å². The molecule has 0 bridgehead atoms. The van der Waals surface area contributed by atoms with E-state index in [9.17, 15) is 0 Å². The van der Waals surface area contributed by atoms with Gasteiger partial charge in [-0.2, -0.15) is 0 Å². The SMILES string of the molecule is Cc1ncccc1/C(N)=N/O. The second kappa shape index (κ2) is 3.01. The van der Waals surface area contributed by atoms with Gasteiger partial charge in [0.05, 0.1) is 0 Å². The number of hydrogen-bond donors (Lipinski definition) is 2. The summed E-state index contributed by atoms with van der Waals surface area (Å²) in [6.07, 6.45) is 1.66. The number of amidine groups is 1. The zero-order chi connectivity index (χ0) is 8.27. The molecule has 0 fully saturated rings. The minimum atomic E-state index is 0.0931. The van der Waals surface area contributed by atoms with Crippen LogP contribution in [0.15, 0.2) is 23.5 Å². The van der Waals surface area contributed by atoms with Crippen molar-refractivity contribution in [2.75, 3.05) is 0 Å². The number of aryl methyl sites for hydroxylation is 1. The van der Waals surface area contributed by atoms with Crippen LogP contribution in [0.2, 0.25) is 0 Å². The summed E-state index contributed by atoms with van der Waals surface area (Å²) in [5, 5.41) is 11.2. The minimum absolute atomic E-state index is 0.0931. The number of pyridine rings is 1. The third-order valence-corrected chi connectivity index (χ3v) is 1.39. The summed E-state index contributed by atoms with van der Waals surface area (Å²) in [5.41, 5.74) is 6.77. The van der Waals surface area contributed by atoms with E-state index in [-0.39, 0.29) is 5.84 Å². The van der Waals surface area contributed by atoms with Gasteiger partial charge in [0.2, 0.25) is 0 Å². The molecule has 0 atom stereocenters. The lowest BCUT2D eigenvalue weighted by molar-refractivity contribution is 0.318. The molecule has 0 aliphatic carbocycles. The van der Waals surface area contributed by atoms with E-state index < -0.39 is 0 Å². The van der Waals surface area contributed by atoms with Crippen LogP contribution in [0, 0.1) is 6.92 Å². The largest absolute Gasteiger partial charge is 0.409 e. The van der Waals surface area contributed by atoms with E-state index in [0.29, 0.717) is 5.56 Å². The lowest BCUT2D eigenvalue weighted by Crippen LogP contribution is -2.14. The van der Waals surface area contributed by atoms with Crippen LogP contribution in [0.5, 0.6) is 0 Å². The first kappa shape index (κ1) is 7.53. The highest BCUT2D eigenvalue weighted by atomic mass is 16.4. The molecule has 1 aromatic rings. The van der Waals surface area contributed by atoms with Crippen LogP contribution in [-0.2, 0) is 0 Å². The predicted molar refractivity (Wildman–Crippen MR) is 41.5 cm³/mol. The van der Waals surface area contributed by atoms with E-state index in [1.165, 1.54) is 0 Å². The molecule has 58 valence electrons. The van der Waals surface area contributed by atoms with Crippen LogP contribution in [0.4, 0.5) is 0 Å². The van der Waals surface area contributed by atoms with Crippen LogP contribution >= 0.6 is 0 Å². The third-order valence-electron chi connectivity index (χ3n) is 1.39. The van der Waals surface area contributed by atoms with Gasteiger partial charge in [0.25, 0.3) is 0 Å². The van der Waals surface area contributed by atoms with Gasteiger partial charge >= 0.3 is 0 Å². The lowest BCUT2D eigenvalue weighted by Gasteiger charge is -1.99. The van der Waals surface area contributed by atoms with Crippen molar-refractivity contribution >= 4 is 5.84 Å². The number of rotatable bonds is 1. The van der Waals surface area contributed by atoms with E-state index in [1.807, 2.05) is 0 Å². The quantitative estimate of drug-likeness (QED) is 0.265. The predicted octanol–water partition coefficient (Wildman–Crippen LogP) is 0.485. The van der Waals surface area contributed by atoms with E-state index in [2.05, 4.69) is 10.1 Å². The summed E-state index contributed by atoms with van der Waals surface area (Å²) in [5.74, 6) is 0.0931. The van der Waals surface area contributed by atoms with Crippen molar-refractivity contribution in [3.8, 4) is 0 Å². The molecule has 0 aromatic carbocycles.